The van der Waals surface area contributed by atoms with Crippen molar-refractivity contribution in [2.45, 2.75) is 114 Å². The summed E-state index contributed by atoms with van der Waals surface area (Å²) in [5.41, 5.74) is 3.42. The predicted octanol–water partition coefficient (Wildman–Crippen LogP) is 10.1. The number of carbonyl (C=O) groups is 1. The van der Waals surface area contributed by atoms with Gasteiger partial charge in [0.25, 0.3) is 21.6 Å². The standard InChI is InChI=1S/C58H67FN8O9S/c1-36(2)43-10-6-7-11-44(43)50-32-64(31-38-9-8-12-51-53(38)74-35-56(3,4)76-51)21-22-66(50)40-26-58(27-40)33-65(34-58)39-13-15-45(52(23-39)75-41-24-46-47(59)30-62-54(46)61-29-41)55(68)63-77(72,73)42-14-16-48(49(25-42)67(70)71)60-28-37-17-19-57(5,69)20-18-37/h6-16,23-25,29-30,36-37,40,50,60,69H,17-22,26-28,31-35H2,1-5H3,(H,61,62)(H,63,68)/t37-,50-,57-/m0/s1. The number of fused-ring (bicyclic) bond motifs is 2. The van der Waals surface area contributed by atoms with E-state index in [0.29, 0.717) is 43.6 Å². The molecule has 2 saturated heterocycles. The number of nitrogens with one attached hydrogen (secondary N) is 3. The highest BCUT2D eigenvalue weighted by Crippen LogP contribution is 2.54. The highest BCUT2D eigenvalue weighted by atomic mass is 32.2. The minimum Gasteiger partial charge on any atom is -0.485 e. The number of pyridine rings is 1. The number of nitro groups is 1. The van der Waals surface area contributed by atoms with Gasteiger partial charge in [0.2, 0.25) is 0 Å². The van der Waals surface area contributed by atoms with Gasteiger partial charge in [-0.2, -0.15) is 0 Å². The number of amides is 1. The van der Waals surface area contributed by atoms with Gasteiger partial charge < -0.3 is 34.5 Å². The maximum atomic E-state index is 14.8. The van der Waals surface area contributed by atoms with E-state index in [2.05, 4.69) is 85.0 Å². The van der Waals surface area contributed by atoms with Gasteiger partial charge in [-0.3, -0.25) is 24.7 Å². The summed E-state index contributed by atoms with van der Waals surface area (Å²) < 4.78 is 63.5. The molecule has 5 aliphatic rings. The largest absolute Gasteiger partial charge is 0.485 e. The molecular formula is C58H67FN8O9S. The molecule has 2 aromatic heterocycles. The van der Waals surface area contributed by atoms with Gasteiger partial charge in [0.05, 0.1) is 32.6 Å². The number of aromatic amines is 1. The van der Waals surface area contributed by atoms with E-state index in [4.69, 9.17) is 14.2 Å². The number of para-hydroxylation sites is 1. The number of piperazine rings is 1. The zero-order chi connectivity index (χ0) is 54.0. The first-order chi connectivity index (χ1) is 36.7. The van der Waals surface area contributed by atoms with Crippen LogP contribution in [-0.2, 0) is 16.6 Å². The number of aromatic nitrogens is 2. The molecule has 4 fully saturated rings. The van der Waals surface area contributed by atoms with E-state index >= 15 is 0 Å². The number of H-pyrrole nitrogens is 1. The molecule has 19 heteroatoms. The molecule has 3 aliphatic heterocycles. The maximum absolute atomic E-state index is 14.8. The summed E-state index contributed by atoms with van der Waals surface area (Å²) in [6, 6.07) is 25.5. The van der Waals surface area contributed by atoms with Crippen LogP contribution in [0.2, 0.25) is 0 Å². The first-order valence-corrected chi connectivity index (χ1v) is 28.2. The molecule has 11 rings (SSSR count). The van der Waals surface area contributed by atoms with Crippen LogP contribution in [0.5, 0.6) is 23.0 Å². The lowest BCUT2D eigenvalue weighted by molar-refractivity contribution is -0.384. The van der Waals surface area contributed by atoms with Gasteiger partial charge in [-0.15, -0.1) is 0 Å². The molecule has 77 heavy (non-hydrogen) atoms. The zero-order valence-corrected chi connectivity index (χ0v) is 45.0. The fourth-order valence-electron chi connectivity index (χ4n) is 12.3. The first kappa shape index (κ1) is 52.3. The highest BCUT2D eigenvalue weighted by Gasteiger charge is 2.55. The van der Waals surface area contributed by atoms with Crippen LogP contribution in [0.3, 0.4) is 0 Å². The lowest BCUT2D eigenvalue weighted by Crippen LogP contribution is -2.68. The zero-order valence-electron chi connectivity index (χ0n) is 44.2. The molecule has 2 saturated carbocycles. The van der Waals surface area contributed by atoms with Gasteiger partial charge in [0.1, 0.15) is 40.9 Å². The summed E-state index contributed by atoms with van der Waals surface area (Å²) in [6.45, 7) is 16.3. The number of halogens is 1. The predicted molar refractivity (Wildman–Crippen MR) is 291 cm³/mol. The Balaban J connectivity index is 0.795. The summed E-state index contributed by atoms with van der Waals surface area (Å²) in [5.74, 6) is 0.717. The minimum absolute atomic E-state index is 0.0120. The van der Waals surface area contributed by atoms with Crippen LogP contribution < -0.4 is 29.1 Å². The maximum Gasteiger partial charge on any atom is 0.293 e. The van der Waals surface area contributed by atoms with Crippen LogP contribution in [-0.4, -0.2) is 107 Å². The van der Waals surface area contributed by atoms with Crippen molar-refractivity contribution in [2.24, 2.45) is 11.3 Å². The number of aliphatic hydroxyl groups is 1. The van der Waals surface area contributed by atoms with Crippen LogP contribution in [0.25, 0.3) is 11.0 Å². The number of nitrogens with zero attached hydrogens (tertiary/aromatic N) is 5. The molecule has 0 unspecified atom stereocenters. The molecule has 2 aliphatic carbocycles. The van der Waals surface area contributed by atoms with Crippen molar-refractivity contribution in [1.29, 1.82) is 0 Å². The van der Waals surface area contributed by atoms with E-state index in [1.165, 1.54) is 47.8 Å². The van der Waals surface area contributed by atoms with Crippen molar-refractivity contribution in [1.82, 2.24) is 24.5 Å². The molecular weight excluding hydrogens is 1000 g/mol. The van der Waals surface area contributed by atoms with Crippen molar-refractivity contribution in [3.05, 3.63) is 136 Å². The number of sulfonamides is 1. The van der Waals surface area contributed by atoms with Gasteiger partial charge in [0.15, 0.2) is 11.5 Å². The lowest BCUT2D eigenvalue weighted by Gasteiger charge is -2.63. The quantitative estimate of drug-likeness (QED) is 0.0558. The average molecular weight is 1070 g/mol. The smallest absolute Gasteiger partial charge is 0.293 e. The molecule has 0 radical (unpaired) electrons. The summed E-state index contributed by atoms with van der Waals surface area (Å²) in [7, 11) is -4.65. The number of benzene rings is 4. The Morgan fingerprint density at radius 3 is 2.56 bits per heavy atom. The fraction of sp³-hybridized carbons (Fsp3) is 0.448. The third kappa shape index (κ3) is 10.8. The van der Waals surface area contributed by atoms with Gasteiger partial charge in [0, 0.05) is 92.9 Å². The van der Waals surface area contributed by atoms with Crippen LogP contribution in [0.1, 0.15) is 112 Å². The van der Waals surface area contributed by atoms with Crippen LogP contribution >= 0.6 is 0 Å². The summed E-state index contributed by atoms with van der Waals surface area (Å²) >= 11 is 0. The molecule has 1 amide bonds. The van der Waals surface area contributed by atoms with E-state index in [1.807, 2.05) is 19.9 Å². The van der Waals surface area contributed by atoms with Crippen molar-refractivity contribution >= 4 is 44.0 Å². The molecule has 5 heterocycles. The highest BCUT2D eigenvalue weighted by molar-refractivity contribution is 7.90. The van der Waals surface area contributed by atoms with Crippen molar-refractivity contribution in [2.75, 3.05) is 56.1 Å². The van der Waals surface area contributed by atoms with Gasteiger partial charge in [-0.25, -0.2) is 22.5 Å². The van der Waals surface area contributed by atoms with Crippen LogP contribution in [0, 0.1) is 27.3 Å². The lowest BCUT2D eigenvalue weighted by atomic mass is 9.59. The average Bonchev–Trinajstić information content (AvgIpc) is 3.83. The number of carbonyl (C=O) groups excluding carboxylic acids is 1. The second-order valence-corrected chi connectivity index (χ2v) is 24.9. The van der Waals surface area contributed by atoms with Crippen LogP contribution in [0.15, 0.2) is 102 Å². The van der Waals surface area contributed by atoms with Crippen molar-refractivity contribution < 1.29 is 41.8 Å². The third-order valence-electron chi connectivity index (χ3n) is 16.5. The Labute approximate surface area is 448 Å². The van der Waals surface area contributed by atoms with Crippen molar-refractivity contribution in [3.63, 3.8) is 0 Å². The van der Waals surface area contributed by atoms with Gasteiger partial charge in [-0.05, 0) is 119 Å². The fourth-order valence-corrected chi connectivity index (χ4v) is 13.2. The van der Waals surface area contributed by atoms with Crippen LogP contribution in [0.4, 0.5) is 21.5 Å². The number of ether oxygens (including phenoxy) is 3. The molecule has 4 N–H and O–H groups in total. The number of rotatable bonds is 15. The number of hydrogen-bond donors (Lipinski definition) is 4. The Kier molecular flexibility index (Phi) is 13.7. The minimum atomic E-state index is -4.65. The number of anilines is 2. The number of hydrogen-bond acceptors (Lipinski definition) is 14. The molecule has 0 bridgehead atoms. The molecule has 4 aromatic carbocycles. The second kappa shape index (κ2) is 20.2. The topological polar surface area (TPSA) is 205 Å². The summed E-state index contributed by atoms with van der Waals surface area (Å²) in [6.07, 6.45) is 7.32. The van der Waals surface area contributed by atoms with E-state index in [9.17, 15) is 32.8 Å². The monoisotopic (exact) mass is 1070 g/mol. The normalized spacial score (nSPS) is 22.4. The van der Waals surface area contributed by atoms with E-state index < -0.39 is 42.9 Å². The Morgan fingerprint density at radius 1 is 1.01 bits per heavy atom. The Morgan fingerprint density at radius 2 is 1.79 bits per heavy atom. The van der Waals surface area contributed by atoms with E-state index in [-0.39, 0.29) is 51.1 Å². The molecule has 406 valence electrons. The van der Waals surface area contributed by atoms with Gasteiger partial charge in [-0.1, -0.05) is 50.2 Å². The first-order valence-electron chi connectivity index (χ1n) is 26.7. The third-order valence-corrected chi connectivity index (χ3v) is 17.8. The SMILES string of the molecule is CC(C)c1ccccc1[C@@H]1CN(Cc2cccc3c2OCC(C)(C)O3)CCN1C1CC2(C1)CN(c1ccc(C(=O)NS(=O)(=O)c3ccc(NC[C@H]4CC[C@](C)(O)CC4)c([N+](=O)[O-])c3)c(Oc3cnc4[nH]cc(F)c4c3)c1)C2. The molecule has 1 atom stereocenters. The second-order valence-electron chi connectivity index (χ2n) is 23.3. The summed E-state index contributed by atoms with van der Waals surface area (Å²) in [4.78, 5) is 39.8. The molecule has 1 spiro atoms. The molecule has 6 aromatic rings. The summed E-state index contributed by atoms with van der Waals surface area (Å²) in [5, 5.41) is 25.9. The van der Waals surface area contributed by atoms with E-state index in [1.54, 1.807) is 19.1 Å². The Bertz CT molecular complexity index is 3340. The van der Waals surface area contributed by atoms with Crippen molar-refractivity contribution in [3.8, 4) is 23.0 Å². The molecule has 17 nitrogen and oxygen atoms in total. The van der Waals surface area contributed by atoms with Gasteiger partial charge >= 0.3 is 0 Å². The van der Waals surface area contributed by atoms with E-state index in [0.717, 1.165) is 93.8 Å². The Hall–Kier alpha value is -6.80. The number of nitro benzene ring substituents is 1.